The first-order chi connectivity index (χ1) is 12.4. The van der Waals surface area contributed by atoms with Gasteiger partial charge in [-0.25, -0.2) is 13.8 Å². The standard InChI is InChI=1S/C19H14Cl2F2N2O/c1-26-19-12(20)8-7-11(15(19)22)18-16(23)17(24)14(21)13(25-18)9-10-5-3-2-4-6-10/h2-8H,9H2,1H3,(H2,24,25). The SMILES string of the molecule is COc1c(Cl)ccc(-c2nc(Cc3ccccc3)c(Cl)c(N)c2F)c1F. The Balaban J connectivity index is 2.17. The second kappa shape index (κ2) is 7.48. The van der Waals surface area contributed by atoms with E-state index in [4.69, 9.17) is 33.7 Å². The summed E-state index contributed by atoms with van der Waals surface area (Å²) in [5, 5.41) is 0.0806. The lowest BCUT2D eigenvalue weighted by Gasteiger charge is -2.14. The Kier molecular flexibility index (Phi) is 5.30. The lowest BCUT2D eigenvalue weighted by atomic mass is 10.1. The molecule has 0 amide bonds. The first-order valence-corrected chi connectivity index (χ1v) is 8.39. The monoisotopic (exact) mass is 394 g/mol. The number of anilines is 1. The van der Waals surface area contributed by atoms with E-state index in [1.807, 2.05) is 30.3 Å². The number of hydrogen-bond donors (Lipinski definition) is 1. The maximum absolute atomic E-state index is 14.7. The van der Waals surface area contributed by atoms with Crippen LogP contribution in [0, 0.1) is 11.6 Å². The fourth-order valence-electron chi connectivity index (χ4n) is 2.60. The van der Waals surface area contributed by atoms with E-state index in [1.54, 1.807) is 0 Å². The van der Waals surface area contributed by atoms with Crippen molar-refractivity contribution in [1.82, 2.24) is 4.98 Å². The van der Waals surface area contributed by atoms with Gasteiger partial charge >= 0.3 is 0 Å². The molecule has 134 valence electrons. The Hall–Kier alpha value is -2.37. The van der Waals surface area contributed by atoms with Crippen molar-refractivity contribution in [2.24, 2.45) is 0 Å². The third kappa shape index (κ3) is 3.32. The summed E-state index contributed by atoms with van der Waals surface area (Å²) in [6.45, 7) is 0. The van der Waals surface area contributed by atoms with Crippen LogP contribution in [0.1, 0.15) is 11.3 Å². The summed E-state index contributed by atoms with van der Waals surface area (Å²) >= 11 is 12.1. The van der Waals surface area contributed by atoms with E-state index in [0.717, 1.165) is 5.56 Å². The van der Waals surface area contributed by atoms with Gasteiger partial charge in [-0.15, -0.1) is 0 Å². The fraction of sp³-hybridized carbons (Fsp3) is 0.105. The number of rotatable bonds is 4. The first-order valence-electron chi connectivity index (χ1n) is 7.63. The molecular weight excluding hydrogens is 381 g/mol. The van der Waals surface area contributed by atoms with Crippen molar-refractivity contribution >= 4 is 28.9 Å². The molecule has 0 aliphatic heterocycles. The normalized spacial score (nSPS) is 10.8. The van der Waals surface area contributed by atoms with Crippen molar-refractivity contribution in [3.8, 4) is 17.0 Å². The number of hydrogen-bond acceptors (Lipinski definition) is 3. The van der Waals surface area contributed by atoms with Crippen molar-refractivity contribution in [2.45, 2.75) is 6.42 Å². The number of halogens is 4. The highest BCUT2D eigenvalue weighted by molar-refractivity contribution is 6.34. The highest BCUT2D eigenvalue weighted by Gasteiger charge is 2.23. The van der Waals surface area contributed by atoms with E-state index in [0.29, 0.717) is 12.1 Å². The van der Waals surface area contributed by atoms with Gasteiger partial charge in [0.1, 0.15) is 5.69 Å². The highest BCUT2D eigenvalue weighted by Crippen LogP contribution is 2.38. The molecule has 1 aromatic heterocycles. The Morgan fingerprint density at radius 2 is 1.73 bits per heavy atom. The van der Waals surface area contributed by atoms with Gasteiger partial charge in [-0.3, -0.25) is 0 Å². The van der Waals surface area contributed by atoms with Crippen molar-refractivity contribution in [2.75, 3.05) is 12.8 Å². The summed E-state index contributed by atoms with van der Waals surface area (Å²) in [5.74, 6) is -1.91. The van der Waals surface area contributed by atoms with Gasteiger partial charge in [-0.2, -0.15) is 0 Å². The van der Waals surface area contributed by atoms with Crippen LogP contribution in [0.2, 0.25) is 10.0 Å². The highest BCUT2D eigenvalue weighted by atomic mass is 35.5. The molecule has 0 fully saturated rings. The minimum absolute atomic E-state index is 0.0106. The van der Waals surface area contributed by atoms with E-state index in [9.17, 15) is 8.78 Å². The number of benzene rings is 2. The molecule has 26 heavy (non-hydrogen) atoms. The van der Waals surface area contributed by atoms with Gasteiger partial charge in [0.05, 0.1) is 28.5 Å². The molecule has 0 aliphatic carbocycles. The average molecular weight is 395 g/mol. The molecule has 0 aliphatic rings. The molecule has 0 saturated heterocycles. The van der Waals surface area contributed by atoms with Crippen LogP contribution < -0.4 is 10.5 Å². The number of nitrogen functional groups attached to an aromatic ring is 1. The molecule has 7 heteroatoms. The molecule has 3 rings (SSSR count). The van der Waals surface area contributed by atoms with E-state index < -0.39 is 11.6 Å². The van der Waals surface area contributed by atoms with Gasteiger partial charge < -0.3 is 10.5 Å². The molecule has 0 bridgehead atoms. The second-order valence-electron chi connectivity index (χ2n) is 5.55. The van der Waals surface area contributed by atoms with Gasteiger partial charge in [-0.1, -0.05) is 53.5 Å². The van der Waals surface area contributed by atoms with E-state index in [2.05, 4.69) is 4.98 Å². The molecule has 0 atom stereocenters. The minimum atomic E-state index is -0.893. The Bertz CT molecular complexity index is 966. The number of aromatic nitrogens is 1. The quantitative estimate of drug-likeness (QED) is 0.633. The predicted octanol–water partition coefficient (Wildman–Crippen LogP) is 5.52. The summed E-state index contributed by atoms with van der Waals surface area (Å²) in [5.41, 5.74) is 6.42. The van der Waals surface area contributed by atoms with E-state index in [1.165, 1.54) is 19.2 Å². The zero-order valence-corrected chi connectivity index (χ0v) is 15.2. The molecule has 2 N–H and O–H groups in total. The number of pyridine rings is 1. The molecule has 3 aromatic rings. The maximum Gasteiger partial charge on any atom is 0.176 e. The molecule has 0 unspecified atom stereocenters. The number of nitrogens with two attached hydrogens (primary N) is 1. The van der Waals surface area contributed by atoms with Gasteiger partial charge in [0, 0.05) is 12.0 Å². The topological polar surface area (TPSA) is 48.1 Å². The van der Waals surface area contributed by atoms with Crippen molar-refractivity contribution in [3.63, 3.8) is 0 Å². The molecule has 1 heterocycles. The summed E-state index contributed by atoms with van der Waals surface area (Å²) in [6, 6.07) is 12.1. The summed E-state index contributed by atoms with van der Waals surface area (Å²) in [6.07, 6.45) is 0.323. The Labute approximate surface area is 159 Å². The maximum atomic E-state index is 14.7. The molecule has 0 spiro atoms. The third-order valence-electron chi connectivity index (χ3n) is 3.90. The molecule has 0 radical (unpaired) electrons. The third-order valence-corrected chi connectivity index (χ3v) is 4.62. The van der Waals surface area contributed by atoms with Crippen LogP contribution in [-0.2, 0) is 6.42 Å². The second-order valence-corrected chi connectivity index (χ2v) is 6.34. The van der Waals surface area contributed by atoms with Crippen LogP contribution in [0.25, 0.3) is 11.3 Å². The lowest BCUT2D eigenvalue weighted by Crippen LogP contribution is -2.05. The zero-order chi connectivity index (χ0) is 18.8. The van der Waals surface area contributed by atoms with Gasteiger partial charge in [-0.05, 0) is 17.7 Å². The Morgan fingerprint density at radius 1 is 1.04 bits per heavy atom. The average Bonchev–Trinajstić information content (AvgIpc) is 2.64. The van der Waals surface area contributed by atoms with Crippen LogP contribution in [0.15, 0.2) is 42.5 Å². The molecule has 0 saturated carbocycles. The van der Waals surface area contributed by atoms with Crippen molar-refractivity contribution in [1.29, 1.82) is 0 Å². The van der Waals surface area contributed by atoms with Crippen molar-refractivity contribution < 1.29 is 13.5 Å². The summed E-state index contributed by atoms with van der Waals surface area (Å²) in [4.78, 5) is 4.24. The van der Waals surface area contributed by atoms with Gasteiger partial charge in [0.2, 0.25) is 0 Å². The molecule has 2 aromatic carbocycles. The number of methoxy groups -OCH3 is 1. The van der Waals surface area contributed by atoms with Crippen LogP contribution in [0.4, 0.5) is 14.5 Å². The van der Waals surface area contributed by atoms with E-state index in [-0.39, 0.29) is 32.7 Å². The van der Waals surface area contributed by atoms with Crippen LogP contribution in [0.5, 0.6) is 5.75 Å². The summed E-state index contributed by atoms with van der Waals surface area (Å²) in [7, 11) is 1.27. The number of nitrogens with zero attached hydrogens (tertiary/aromatic N) is 1. The van der Waals surface area contributed by atoms with Crippen LogP contribution >= 0.6 is 23.2 Å². The minimum Gasteiger partial charge on any atom is -0.492 e. The lowest BCUT2D eigenvalue weighted by molar-refractivity contribution is 0.387. The first kappa shape index (κ1) is 18.4. The fourth-order valence-corrected chi connectivity index (χ4v) is 3.01. The van der Waals surface area contributed by atoms with Gasteiger partial charge in [0.25, 0.3) is 0 Å². The van der Waals surface area contributed by atoms with Crippen LogP contribution in [0.3, 0.4) is 0 Å². The summed E-state index contributed by atoms with van der Waals surface area (Å²) < 4.78 is 34.3. The van der Waals surface area contributed by atoms with Crippen molar-refractivity contribution in [3.05, 3.63) is 75.4 Å². The largest absolute Gasteiger partial charge is 0.492 e. The zero-order valence-electron chi connectivity index (χ0n) is 13.7. The van der Waals surface area contributed by atoms with Crippen LogP contribution in [-0.4, -0.2) is 12.1 Å². The van der Waals surface area contributed by atoms with E-state index >= 15 is 0 Å². The Morgan fingerprint density at radius 3 is 2.38 bits per heavy atom. The number of ether oxygens (including phenoxy) is 1. The molecular formula is C19H14Cl2F2N2O. The van der Waals surface area contributed by atoms with Gasteiger partial charge in [0.15, 0.2) is 17.4 Å². The molecule has 3 nitrogen and oxygen atoms in total. The predicted molar refractivity (Wildman–Crippen MR) is 99.8 cm³/mol. The smallest absolute Gasteiger partial charge is 0.176 e.